The minimum absolute atomic E-state index is 0.538. The monoisotopic (exact) mass is 419 g/mol. The van der Waals surface area contributed by atoms with Crippen LogP contribution in [-0.4, -0.2) is 0 Å². The lowest BCUT2D eigenvalue weighted by Gasteiger charge is -2.36. The first-order chi connectivity index (χ1) is 15.6. The van der Waals surface area contributed by atoms with E-state index in [9.17, 15) is 0 Å². The lowest BCUT2D eigenvalue weighted by molar-refractivity contribution is 0.747. The highest BCUT2D eigenvalue weighted by Crippen LogP contribution is 2.42. The van der Waals surface area contributed by atoms with E-state index in [-0.39, 0.29) is 0 Å². The molecule has 0 N–H and O–H groups in total. The van der Waals surface area contributed by atoms with Crippen LogP contribution in [0.4, 0.5) is 11.4 Å². The van der Waals surface area contributed by atoms with E-state index in [2.05, 4.69) is 105 Å². The van der Waals surface area contributed by atoms with Crippen LogP contribution in [0.2, 0.25) is 0 Å². The zero-order chi connectivity index (χ0) is 22.2. The van der Waals surface area contributed by atoms with Crippen molar-refractivity contribution in [1.29, 1.82) is 0 Å². The molecule has 3 aliphatic rings. The fourth-order valence-electron chi connectivity index (χ4n) is 5.41. The van der Waals surface area contributed by atoms with Crippen molar-refractivity contribution in [3.63, 3.8) is 0 Å². The standard InChI is InChI=1S/C31H33N/c1-5-23-12-9-15-25(21(2)3)20-28(23)31-22(4)27-18-10-13-24-14-11-19-29(30(24)27)32(31)26-16-7-6-8-17-26/h6-9,11-14,16-17,19-21H,5,10,15,18H2,1-4H3. The summed E-state index contributed by atoms with van der Waals surface area (Å²) in [5.74, 6) is 0.538. The summed E-state index contributed by atoms with van der Waals surface area (Å²) in [6, 6.07) is 17.7. The number of anilines is 2. The van der Waals surface area contributed by atoms with Crippen LogP contribution in [0.3, 0.4) is 0 Å². The number of para-hydroxylation sites is 1. The van der Waals surface area contributed by atoms with Crippen LogP contribution in [0.1, 0.15) is 53.4 Å². The lowest BCUT2D eigenvalue weighted by atomic mass is 9.85. The largest absolute Gasteiger partial charge is 0.309 e. The van der Waals surface area contributed by atoms with Crippen LogP contribution in [-0.2, 0) is 0 Å². The predicted octanol–water partition coefficient (Wildman–Crippen LogP) is 7.09. The summed E-state index contributed by atoms with van der Waals surface area (Å²) < 4.78 is 0. The molecule has 162 valence electrons. The van der Waals surface area contributed by atoms with Crippen LogP contribution in [0.15, 0.2) is 94.7 Å². The summed E-state index contributed by atoms with van der Waals surface area (Å²) in [6.07, 6.45) is 13.9. The fourth-order valence-corrected chi connectivity index (χ4v) is 5.41. The van der Waals surface area contributed by atoms with Crippen molar-refractivity contribution in [3.05, 3.63) is 105 Å². The van der Waals surface area contributed by atoms with Crippen molar-refractivity contribution in [1.82, 2.24) is 0 Å². The van der Waals surface area contributed by atoms with Crippen molar-refractivity contribution >= 4 is 23.0 Å². The Morgan fingerprint density at radius 3 is 2.56 bits per heavy atom. The molecular formula is C31H33N. The molecule has 1 heterocycles. The van der Waals surface area contributed by atoms with E-state index >= 15 is 0 Å². The van der Waals surface area contributed by atoms with Gasteiger partial charge >= 0.3 is 0 Å². The molecule has 1 heteroatoms. The molecule has 2 aromatic rings. The van der Waals surface area contributed by atoms with Crippen molar-refractivity contribution in [2.45, 2.75) is 53.4 Å². The maximum atomic E-state index is 2.52. The molecule has 0 bridgehead atoms. The number of hydrogen-bond acceptors (Lipinski definition) is 1. The molecule has 0 saturated carbocycles. The van der Waals surface area contributed by atoms with Gasteiger partial charge in [0.05, 0.1) is 11.4 Å². The third kappa shape index (κ3) is 3.41. The first-order valence-corrected chi connectivity index (χ1v) is 12.1. The summed E-state index contributed by atoms with van der Waals surface area (Å²) >= 11 is 0. The first kappa shape index (κ1) is 20.8. The van der Waals surface area contributed by atoms with E-state index in [1.165, 1.54) is 55.4 Å². The molecule has 0 fully saturated rings. The van der Waals surface area contributed by atoms with Crippen molar-refractivity contribution in [3.8, 4) is 0 Å². The van der Waals surface area contributed by atoms with Gasteiger partial charge < -0.3 is 4.90 Å². The maximum Gasteiger partial charge on any atom is 0.0569 e. The average molecular weight is 420 g/mol. The van der Waals surface area contributed by atoms with Crippen LogP contribution in [0.5, 0.6) is 0 Å². The third-order valence-electron chi connectivity index (χ3n) is 7.15. The fraction of sp³-hybridized carbons (Fsp3) is 0.290. The number of rotatable bonds is 4. The predicted molar refractivity (Wildman–Crippen MR) is 138 cm³/mol. The van der Waals surface area contributed by atoms with Crippen LogP contribution >= 0.6 is 0 Å². The molecule has 0 atom stereocenters. The van der Waals surface area contributed by atoms with Crippen molar-refractivity contribution in [2.24, 2.45) is 5.92 Å². The van der Waals surface area contributed by atoms with E-state index in [4.69, 9.17) is 0 Å². The highest BCUT2D eigenvalue weighted by molar-refractivity contribution is 5.86. The van der Waals surface area contributed by atoms with Gasteiger partial charge in [0, 0.05) is 16.5 Å². The number of allylic oxidation sites excluding steroid dienone is 6. The summed E-state index contributed by atoms with van der Waals surface area (Å²) in [5.41, 5.74) is 11.2. The van der Waals surface area contributed by atoms with Crippen molar-refractivity contribution in [2.75, 3.05) is 4.90 Å². The Morgan fingerprint density at radius 2 is 1.81 bits per heavy atom. The van der Waals surface area contributed by atoms with Gasteiger partial charge in [0.15, 0.2) is 0 Å². The van der Waals surface area contributed by atoms with E-state index in [0.717, 1.165) is 25.7 Å². The highest BCUT2D eigenvalue weighted by atomic mass is 15.2. The summed E-state index contributed by atoms with van der Waals surface area (Å²) in [5, 5.41) is 2.81. The average Bonchev–Trinajstić information content (AvgIpc) is 3.04. The molecule has 0 spiro atoms. The van der Waals surface area contributed by atoms with Crippen LogP contribution < -0.4 is 15.3 Å². The van der Waals surface area contributed by atoms with E-state index in [0.29, 0.717) is 5.92 Å². The minimum atomic E-state index is 0.538. The Bertz CT molecular complexity index is 1300. The maximum absolute atomic E-state index is 2.52. The normalized spacial score (nSPS) is 18.0. The summed E-state index contributed by atoms with van der Waals surface area (Å²) in [7, 11) is 0. The van der Waals surface area contributed by atoms with Crippen molar-refractivity contribution < 1.29 is 0 Å². The zero-order valence-corrected chi connectivity index (χ0v) is 19.8. The molecule has 2 aliphatic carbocycles. The van der Waals surface area contributed by atoms with E-state index in [1.54, 1.807) is 0 Å². The molecule has 0 aromatic heterocycles. The quantitative estimate of drug-likeness (QED) is 0.511. The van der Waals surface area contributed by atoms with Gasteiger partial charge in [-0.05, 0) is 78.7 Å². The van der Waals surface area contributed by atoms with E-state index in [1.807, 2.05) is 0 Å². The highest BCUT2D eigenvalue weighted by Gasteiger charge is 2.29. The molecule has 32 heavy (non-hydrogen) atoms. The van der Waals surface area contributed by atoms with Gasteiger partial charge in [-0.2, -0.15) is 0 Å². The van der Waals surface area contributed by atoms with Gasteiger partial charge in [0.2, 0.25) is 0 Å². The number of hydrogen-bond donors (Lipinski definition) is 0. The molecule has 1 nitrogen and oxygen atoms in total. The number of nitrogens with zero attached hydrogens (tertiary/aromatic N) is 1. The lowest BCUT2D eigenvalue weighted by Crippen LogP contribution is -2.39. The second kappa shape index (κ2) is 8.47. The molecular weight excluding hydrogens is 386 g/mol. The molecule has 2 aromatic carbocycles. The van der Waals surface area contributed by atoms with Crippen LogP contribution in [0.25, 0.3) is 11.6 Å². The van der Waals surface area contributed by atoms with Gasteiger partial charge in [0.1, 0.15) is 0 Å². The second-order valence-electron chi connectivity index (χ2n) is 9.38. The van der Waals surface area contributed by atoms with E-state index < -0.39 is 0 Å². The Hall–Kier alpha value is -3.06. The minimum Gasteiger partial charge on any atom is -0.309 e. The third-order valence-corrected chi connectivity index (χ3v) is 7.15. The Balaban J connectivity index is 1.88. The molecule has 0 unspecified atom stereocenters. The first-order valence-electron chi connectivity index (χ1n) is 12.1. The number of benzene rings is 2. The molecule has 5 rings (SSSR count). The molecule has 0 amide bonds. The van der Waals surface area contributed by atoms with Gasteiger partial charge in [-0.15, -0.1) is 0 Å². The SMILES string of the molecule is CCC1=C(C2=C(C)C3=c4c(cccc4=CCC3)N2c2ccccc2)C=C(C(C)C)CC=C1. The Kier molecular flexibility index (Phi) is 5.51. The molecule has 0 saturated heterocycles. The van der Waals surface area contributed by atoms with Crippen LogP contribution in [0, 0.1) is 5.92 Å². The van der Waals surface area contributed by atoms with Gasteiger partial charge in [-0.3, -0.25) is 0 Å². The Labute approximate surface area is 192 Å². The topological polar surface area (TPSA) is 3.24 Å². The molecule has 0 radical (unpaired) electrons. The summed E-state index contributed by atoms with van der Waals surface area (Å²) in [6.45, 7) is 9.27. The van der Waals surface area contributed by atoms with Gasteiger partial charge in [-0.1, -0.05) is 81.0 Å². The Morgan fingerprint density at radius 1 is 1.00 bits per heavy atom. The summed E-state index contributed by atoms with van der Waals surface area (Å²) in [4.78, 5) is 2.52. The smallest absolute Gasteiger partial charge is 0.0569 e. The zero-order valence-electron chi connectivity index (χ0n) is 19.8. The molecule has 1 aliphatic heterocycles. The second-order valence-corrected chi connectivity index (χ2v) is 9.38. The van der Waals surface area contributed by atoms with Gasteiger partial charge in [-0.25, -0.2) is 0 Å². The van der Waals surface area contributed by atoms with Gasteiger partial charge in [0.25, 0.3) is 0 Å².